The minimum absolute atomic E-state index is 0.230. The van der Waals surface area contributed by atoms with Crippen LogP contribution in [0.15, 0.2) is 40.7 Å². The first-order chi connectivity index (χ1) is 9.03. The Labute approximate surface area is 116 Å². The number of nitrogens with one attached hydrogen (secondary N) is 1. The van der Waals surface area contributed by atoms with Crippen molar-refractivity contribution in [3.8, 4) is 0 Å². The second kappa shape index (κ2) is 5.79. The van der Waals surface area contributed by atoms with E-state index in [-0.39, 0.29) is 10.9 Å². The summed E-state index contributed by atoms with van der Waals surface area (Å²) in [6, 6.07) is 6.18. The molecule has 7 heteroatoms. The fourth-order valence-electron chi connectivity index (χ4n) is 1.60. The van der Waals surface area contributed by atoms with Crippen LogP contribution in [0.3, 0.4) is 0 Å². The zero-order chi connectivity index (χ0) is 13.9. The predicted octanol–water partition coefficient (Wildman–Crippen LogP) is 1.64. The van der Waals surface area contributed by atoms with Crippen LogP contribution in [0.4, 0.5) is 0 Å². The van der Waals surface area contributed by atoms with E-state index in [0.717, 1.165) is 10.6 Å². The molecule has 0 saturated carbocycles. The SMILES string of the molecule is CC(NS(=O)(=O)c1ccc(CN)cc1)c1nccs1. The second-order valence-electron chi connectivity index (χ2n) is 4.06. The lowest BCUT2D eigenvalue weighted by Crippen LogP contribution is -2.26. The maximum Gasteiger partial charge on any atom is 0.241 e. The zero-order valence-corrected chi connectivity index (χ0v) is 12.0. The summed E-state index contributed by atoms with van der Waals surface area (Å²) in [4.78, 5) is 4.33. The highest BCUT2D eigenvalue weighted by Crippen LogP contribution is 2.18. The number of hydrogen-bond acceptors (Lipinski definition) is 5. The summed E-state index contributed by atoms with van der Waals surface area (Å²) >= 11 is 1.42. The van der Waals surface area contributed by atoms with Crippen LogP contribution >= 0.6 is 11.3 Å². The van der Waals surface area contributed by atoms with Crippen LogP contribution in [0.2, 0.25) is 0 Å². The van der Waals surface area contributed by atoms with Crippen molar-refractivity contribution in [3.63, 3.8) is 0 Å². The number of thiazole rings is 1. The summed E-state index contributed by atoms with van der Waals surface area (Å²) in [5.74, 6) is 0. The van der Waals surface area contributed by atoms with Crippen molar-refractivity contribution in [1.82, 2.24) is 9.71 Å². The van der Waals surface area contributed by atoms with Gasteiger partial charge in [0.25, 0.3) is 0 Å². The van der Waals surface area contributed by atoms with Crippen LogP contribution in [-0.2, 0) is 16.6 Å². The van der Waals surface area contributed by atoms with E-state index in [2.05, 4.69) is 9.71 Å². The summed E-state index contributed by atoms with van der Waals surface area (Å²) in [5, 5.41) is 2.55. The molecule has 5 nitrogen and oxygen atoms in total. The lowest BCUT2D eigenvalue weighted by atomic mass is 10.2. The minimum Gasteiger partial charge on any atom is -0.326 e. The fourth-order valence-corrected chi connectivity index (χ4v) is 3.53. The molecular weight excluding hydrogens is 282 g/mol. The molecule has 2 rings (SSSR count). The van der Waals surface area contributed by atoms with E-state index in [1.807, 2.05) is 5.38 Å². The van der Waals surface area contributed by atoms with Crippen LogP contribution < -0.4 is 10.5 Å². The smallest absolute Gasteiger partial charge is 0.241 e. The quantitative estimate of drug-likeness (QED) is 0.878. The average molecular weight is 297 g/mol. The molecule has 1 unspecified atom stereocenters. The number of nitrogens with zero attached hydrogens (tertiary/aromatic N) is 1. The molecule has 19 heavy (non-hydrogen) atoms. The first-order valence-electron chi connectivity index (χ1n) is 5.73. The lowest BCUT2D eigenvalue weighted by molar-refractivity contribution is 0.566. The number of hydrogen-bond donors (Lipinski definition) is 2. The van der Waals surface area contributed by atoms with E-state index < -0.39 is 10.0 Å². The Morgan fingerprint density at radius 2 is 2.05 bits per heavy atom. The van der Waals surface area contributed by atoms with Gasteiger partial charge in [-0.25, -0.2) is 18.1 Å². The molecule has 0 spiro atoms. The number of nitrogens with two attached hydrogens (primary N) is 1. The zero-order valence-electron chi connectivity index (χ0n) is 10.4. The monoisotopic (exact) mass is 297 g/mol. The Kier molecular flexibility index (Phi) is 4.31. The van der Waals surface area contributed by atoms with Crippen molar-refractivity contribution in [1.29, 1.82) is 0 Å². The summed E-state index contributed by atoms with van der Waals surface area (Å²) in [5.41, 5.74) is 6.38. The van der Waals surface area contributed by atoms with Crippen LogP contribution in [0.1, 0.15) is 23.5 Å². The number of sulfonamides is 1. The van der Waals surface area contributed by atoms with Crippen LogP contribution in [0.25, 0.3) is 0 Å². The molecule has 0 amide bonds. The number of benzene rings is 1. The predicted molar refractivity (Wildman–Crippen MR) is 75.2 cm³/mol. The Morgan fingerprint density at radius 3 is 2.58 bits per heavy atom. The third-order valence-electron chi connectivity index (χ3n) is 2.62. The molecule has 0 aliphatic carbocycles. The average Bonchev–Trinajstić information content (AvgIpc) is 2.92. The highest BCUT2D eigenvalue weighted by molar-refractivity contribution is 7.89. The Morgan fingerprint density at radius 1 is 1.37 bits per heavy atom. The molecule has 0 saturated heterocycles. The van der Waals surface area contributed by atoms with Crippen molar-refractivity contribution in [2.75, 3.05) is 0 Å². The topological polar surface area (TPSA) is 85.1 Å². The molecule has 1 aromatic heterocycles. The maximum absolute atomic E-state index is 12.2. The van der Waals surface area contributed by atoms with Crippen molar-refractivity contribution in [3.05, 3.63) is 46.4 Å². The molecule has 1 atom stereocenters. The van der Waals surface area contributed by atoms with E-state index in [0.29, 0.717) is 6.54 Å². The third kappa shape index (κ3) is 3.38. The Balaban J connectivity index is 2.17. The summed E-state index contributed by atoms with van der Waals surface area (Å²) < 4.78 is 26.9. The van der Waals surface area contributed by atoms with Gasteiger partial charge in [0.1, 0.15) is 5.01 Å². The molecule has 2 aromatic rings. The van der Waals surface area contributed by atoms with Crippen molar-refractivity contribution < 1.29 is 8.42 Å². The molecule has 3 N–H and O–H groups in total. The Bertz CT molecular complexity index is 622. The van der Waals surface area contributed by atoms with Crippen molar-refractivity contribution >= 4 is 21.4 Å². The molecule has 0 radical (unpaired) electrons. The van der Waals surface area contributed by atoms with Crippen molar-refractivity contribution in [2.24, 2.45) is 5.73 Å². The summed E-state index contributed by atoms with van der Waals surface area (Å²) in [6.07, 6.45) is 1.65. The third-order valence-corrected chi connectivity index (χ3v) is 5.14. The van der Waals surface area contributed by atoms with Gasteiger partial charge in [0, 0.05) is 18.1 Å². The molecule has 0 bridgehead atoms. The van der Waals surface area contributed by atoms with Gasteiger partial charge in [-0.15, -0.1) is 11.3 Å². The molecule has 0 aliphatic heterocycles. The molecule has 102 valence electrons. The Hall–Kier alpha value is -1.28. The van der Waals surface area contributed by atoms with Crippen LogP contribution in [-0.4, -0.2) is 13.4 Å². The van der Waals surface area contributed by atoms with Gasteiger partial charge in [-0.2, -0.15) is 0 Å². The van der Waals surface area contributed by atoms with Gasteiger partial charge in [-0.3, -0.25) is 0 Å². The molecule has 1 aromatic carbocycles. The number of aromatic nitrogens is 1. The van der Waals surface area contributed by atoms with Crippen LogP contribution in [0, 0.1) is 0 Å². The van der Waals surface area contributed by atoms with E-state index in [1.165, 1.54) is 11.3 Å². The first-order valence-corrected chi connectivity index (χ1v) is 8.10. The summed E-state index contributed by atoms with van der Waals surface area (Å²) in [7, 11) is -3.53. The van der Waals surface area contributed by atoms with Gasteiger partial charge in [0.05, 0.1) is 10.9 Å². The van der Waals surface area contributed by atoms with Gasteiger partial charge < -0.3 is 5.73 Å². The van der Waals surface area contributed by atoms with Gasteiger partial charge in [-0.05, 0) is 24.6 Å². The van der Waals surface area contributed by atoms with Gasteiger partial charge >= 0.3 is 0 Å². The molecule has 1 heterocycles. The van der Waals surface area contributed by atoms with Gasteiger partial charge in [-0.1, -0.05) is 12.1 Å². The normalized spacial score (nSPS) is 13.4. The molecule has 0 fully saturated rings. The van der Waals surface area contributed by atoms with E-state index in [9.17, 15) is 8.42 Å². The van der Waals surface area contributed by atoms with Crippen LogP contribution in [0.5, 0.6) is 0 Å². The second-order valence-corrected chi connectivity index (χ2v) is 6.70. The van der Waals surface area contributed by atoms with Crippen molar-refractivity contribution in [2.45, 2.75) is 24.4 Å². The molecule has 0 aliphatic rings. The highest BCUT2D eigenvalue weighted by atomic mass is 32.2. The highest BCUT2D eigenvalue weighted by Gasteiger charge is 2.19. The van der Waals surface area contributed by atoms with Gasteiger partial charge in [0.15, 0.2) is 0 Å². The first kappa shape index (κ1) is 14.1. The maximum atomic E-state index is 12.2. The standard InChI is InChI=1S/C12H15N3O2S2/c1-9(12-14-6-7-18-12)15-19(16,17)11-4-2-10(8-13)3-5-11/h2-7,9,15H,8,13H2,1H3. The van der Waals surface area contributed by atoms with E-state index >= 15 is 0 Å². The number of rotatable bonds is 5. The largest absolute Gasteiger partial charge is 0.326 e. The lowest BCUT2D eigenvalue weighted by Gasteiger charge is -2.12. The minimum atomic E-state index is -3.53. The summed E-state index contributed by atoms with van der Waals surface area (Å²) in [6.45, 7) is 2.16. The van der Waals surface area contributed by atoms with E-state index in [4.69, 9.17) is 5.73 Å². The molecular formula is C12H15N3O2S2. The van der Waals surface area contributed by atoms with Gasteiger partial charge in [0.2, 0.25) is 10.0 Å². The van der Waals surface area contributed by atoms with E-state index in [1.54, 1.807) is 37.4 Å². The fraction of sp³-hybridized carbons (Fsp3) is 0.250.